The largest absolute Gasteiger partial charge is 0.286 e. The molecule has 0 bridgehead atoms. The summed E-state index contributed by atoms with van der Waals surface area (Å²) in [6.45, 7) is 2.27. The predicted molar refractivity (Wildman–Crippen MR) is 108 cm³/mol. The van der Waals surface area contributed by atoms with Crippen LogP contribution in [0.4, 0.5) is 4.39 Å². The third kappa shape index (κ3) is 2.95. The van der Waals surface area contributed by atoms with Gasteiger partial charge >= 0.3 is 0 Å². The summed E-state index contributed by atoms with van der Waals surface area (Å²) in [5.74, 6) is 2.28. The molecule has 0 saturated heterocycles. The highest BCUT2D eigenvalue weighted by molar-refractivity contribution is 5.82. The fourth-order valence-corrected chi connectivity index (χ4v) is 4.81. The van der Waals surface area contributed by atoms with Crippen molar-refractivity contribution in [3.8, 4) is 0 Å². The lowest BCUT2D eigenvalue weighted by molar-refractivity contribution is 0.285. The highest BCUT2D eigenvalue weighted by Gasteiger charge is 2.29. The molecule has 4 aromatic rings. The minimum atomic E-state index is -0.192. The van der Waals surface area contributed by atoms with E-state index in [2.05, 4.69) is 32.6 Å². The van der Waals surface area contributed by atoms with E-state index in [1.54, 1.807) is 12.1 Å². The van der Waals surface area contributed by atoms with Gasteiger partial charge in [0.15, 0.2) is 5.65 Å². The van der Waals surface area contributed by atoms with Gasteiger partial charge in [0.1, 0.15) is 11.6 Å². The molecule has 1 fully saturated rings. The first-order chi connectivity index (χ1) is 13.7. The topological polar surface area (TPSA) is 43.1 Å². The highest BCUT2D eigenvalue weighted by atomic mass is 19.1. The molecule has 142 valence electrons. The standard InChI is InChI=1S/C23H23FN4/c1-15(23-27-26-22-4-2-3-13-28(22)23)16-5-7-17(8-6-16)19-11-12-25-21-10-9-18(24)14-20(19)21/h2-4,9-17H,5-8H2,1H3. The SMILES string of the molecule is CC(c1nnc2ccccn12)C1CCC(c2ccnc3ccc(F)cc23)CC1. The predicted octanol–water partition coefficient (Wildman–Crippen LogP) is 5.49. The first kappa shape index (κ1) is 17.3. The lowest BCUT2D eigenvalue weighted by atomic mass is 9.73. The van der Waals surface area contributed by atoms with E-state index in [1.807, 2.05) is 30.6 Å². The number of hydrogen-bond acceptors (Lipinski definition) is 3. The van der Waals surface area contributed by atoms with Crippen molar-refractivity contribution < 1.29 is 4.39 Å². The number of aromatic nitrogens is 4. The van der Waals surface area contributed by atoms with Crippen LogP contribution in [0.15, 0.2) is 54.9 Å². The van der Waals surface area contributed by atoms with Gasteiger partial charge in [-0.05, 0) is 79.5 Å². The van der Waals surface area contributed by atoms with Crippen molar-refractivity contribution in [2.24, 2.45) is 5.92 Å². The van der Waals surface area contributed by atoms with Crippen LogP contribution in [-0.4, -0.2) is 19.6 Å². The van der Waals surface area contributed by atoms with Gasteiger partial charge in [-0.3, -0.25) is 9.38 Å². The van der Waals surface area contributed by atoms with E-state index in [0.29, 0.717) is 17.8 Å². The number of fused-ring (bicyclic) bond motifs is 2. The average molecular weight is 374 g/mol. The summed E-state index contributed by atoms with van der Waals surface area (Å²) >= 11 is 0. The van der Waals surface area contributed by atoms with Crippen LogP contribution in [0.1, 0.15) is 55.8 Å². The average Bonchev–Trinajstić information content (AvgIpc) is 3.17. The maximum atomic E-state index is 13.8. The second kappa shape index (κ2) is 6.97. The summed E-state index contributed by atoms with van der Waals surface area (Å²) in [5.41, 5.74) is 3.02. The molecule has 0 spiro atoms. The molecule has 1 atom stereocenters. The first-order valence-corrected chi connectivity index (χ1v) is 10.0. The van der Waals surface area contributed by atoms with E-state index in [-0.39, 0.29) is 5.82 Å². The molecule has 5 heteroatoms. The van der Waals surface area contributed by atoms with Crippen LogP contribution in [0.5, 0.6) is 0 Å². The molecule has 1 aliphatic rings. The van der Waals surface area contributed by atoms with Gasteiger partial charge in [-0.25, -0.2) is 4.39 Å². The molecule has 0 N–H and O–H groups in total. The molecule has 4 nitrogen and oxygen atoms in total. The zero-order chi connectivity index (χ0) is 19.1. The van der Waals surface area contributed by atoms with Gasteiger partial charge in [0.25, 0.3) is 0 Å². The minimum absolute atomic E-state index is 0.192. The molecule has 0 aliphatic heterocycles. The smallest absolute Gasteiger partial charge is 0.160 e. The summed E-state index contributed by atoms with van der Waals surface area (Å²) in [6.07, 6.45) is 8.42. The number of benzene rings is 1. The second-order valence-electron chi connectivity index (χ2n) is 7.95. The van der Waals surface area contributed by atoms with E-state index in [4.69, 9.17) is 0 Å². The van der Waals surface area contributed by atoms with E-state index in [0.717, 1.165) is 48.1 Å². The third-order valence-electron chi connectivity index (χ3n) is 6.40. The lowest BCUT2D eigenvalue weighted by Gasteiger charge is -2.32. The number of hydrogen-bond donors (Lipinski definition) is 0. The third-order valence-corrected chi connectivity index (χ3v) is 6.40. The van der Waals surface area contributed by atoms with Crippen LogP contribution < -0.4 is 0 Å². The molecule has 3 aromatic heterocycles. The molecular formula is C23H23FN4. The van der Waals surface area contributed by atoms with Crippen molar-refractivity contribution in [3.63, 3.8) is 0 Å². The van der Waals surface area contributed by atoms with Crippen molar-refractivity contribution >= 4 is 16.6 Å². The van der Waals surface area contributed by atoms with Gasteiger partial charge in [0.05, 0.1) is 5.52 Å². The number of nitrogens with zero attached hydrogens (tertiary/aromatic N) is 4. The molecule has 5 rings (SSSR count). The Kier molecular flexibility index (Phi) is 4.30. The van der Waals surface area contributed by atoms with Crippen molar-refractivity contribution in [2.45, 2.75) is 44.4 Å². The maximum absolute atomic E-state index is 13.8. The van der Waals surface area contributed by atoms with E-state index >= 15 is 0 Å². The molecule has 0 amide bonds. The van der Waals surface area contributed by atoms with Crippen LogP contribution >= 0.6 is 0 Å². The summed E-state index contributed by atoms with van der Waals surface area (Å²) < 4.78 is 15.9. The second-order valence-corrected chi connectivity index (χ2v) is 7.95. The van der Waals surface area contributed by atoms with Gasteiger partial charge in [0.2, 0.25) is 0 Å². The Balaban J connectivity index is 1.36. The molecule has 1 aromatic carbocycles. The van der Waals surface area contributed by atoms with E-state index < -0.39 is 0 Å². The fraction of sp³-hybridized carbons (Fsp3) is 0.348. The van der Waals surface area contributed by atoms with Crippen LogP contribution in [0.25, 0.3) is 16.6 Å². The first-order valence-electron chi connectivity index (χ1n) is 10.0. The lowest BCUT2D eigenvalue weighted by Crippen LogP contribution is -2.20. The summed E-state index contributed by atoms with van der Waals surface area (Å²) in [6, 6.07) is 13.0. The molecule has 1 saturated carbocycles. The number of pyridine rings is 2. The van der Waals surface area contributed by atoms with Gasteiger partial charge in [-0.1, -0.05) is 13.0 Å². The fourth-order valence-electron chi connectivity index (χ4n) is 4.81. The van der Waals surface area contributed by atoms with E-state index in [9.17, 15) is 4.39 Å². The maximum Gasteiger partial charge on any atom is 0.160 e. The van der Waals surface area contributed by atoms with Crippen molar-refractivity contribution in [2.75, 3.05) is 0 Å². The van der Waals surface area contributed by atoms with Crippen LogP contribution in [0.3, 0.4) is 0 Å². The van der Waals surface area contributed by atoms with Gasteiger partial charge < -0.3 is 0 Å². The Morgan fingerprint density at radius 1 is 1.04 bits per heavy atom. The summed E-state index contributed by atoms with van der Waals surface area (Å²) in [7, 11) is 0. The van der Waals surface area contributed by atoms with Crippen molar-refractivity contribution in [1.82, 2.24) is 19.6 Å². The molecule has 3 heterocycles. The van der Waals surface area contributed by atoms with Crippen LogP contribution in [0.2, 0.25) is 0 Å². The number of rotatable bonds is 3. The number of halogens is 1. The van der Waals surface area contributed by atoms with Gasteiger partial charge in [-0.2, -0.15) is 0 Å². The monoisotopic (exact) mass is 374 g/mol. The Bertz CT molecular complexity index is 1130. The summed E-state index contributed by atoms with van der Waals surface area (Å²) in [4.78, 5) is 4.40. The Morgan fingerprint density at radius 2 is 1.89 bits per heavy atom. The van der Waals surface area contributed by atoms with Crippen LogP contribution in [0, 0.1) is 11.7 Å². The molecule has 28 heavy (non-hydrogen) atoms. The Morgan fingerprint density at radius 3 is 2.75 bits per heavy atom. The van der Waals surface area contributed by atoms with E-state index in [1.165, 1.54) is 11.6 Å². The van der Waals surface area contributed by atoms with Crippen molar-refractivity contribution in [3.05, 3.63) is 72.1 Å². The minimum Gasteiger partial charge on any atom is -0.286 e. The molecule has 1 unspecified atom stereocenters. The van der Waals surface area contributed by atoms with Gasteiger partial charge in [-0.15, -0.1) is 10.2 Å². The normalized spacial score (nSPS) is 21.2. The summed E-state index contributed by atoms with van der Waals surface area (Å²) in [5, 5.41) is 9.73. The molecule has 1 aliphatic carbocycles. The highest BCUT2D eigenvalue weighted by Crippen LogP contribution is 2.42. The van der Waals surface area contributed by atoms with Gasteiger partial charge in [0, 0.05) is 23.7 Å². The van der Waals surface area contributed by atoms with Crippen LogP contribution in [-0.2, 0) is 0 Å². The molecular weight excluding hydrogens is 351 g/mol. The zero-order valence-electron chi connectivity index (χ0n) is 15.9. The Labute approximate surface area is 163 Å². The van der Waals surface area contributed by atoms with Crippen molar-refractivity contribution in [1.29, 1.82) is 0 Å². The molecule has 0 radical (unpaired) electrons. The zero-order valence-corrected chi connectivity index (χ0v) is 15.9. The quantitative estimate of drug-likeness (QED) is 0.476. The Hall–Kier alpha value is -2.82.